The van der Waals surface area contributed by atoms with Crippen molar-refractivity contribution < 1.29 is 14.3 Å². The molecule has 1 saturated heterocycles. The van der Waals surface area contributed by atoms with Crippen molar-refractivity contribution in [2.75, 3.05) is 7.11 Å². The molecule has 30 heavy (non-hydrogen) atoms. The standard InChI is InChI=1S/C22H22Cl2N2O3S/c1-5-13(3)29-20-16(24)8-14(9-18(20)28-4)10-19-21(27)26-22(30-19)25-17-11-15(23)7-6-12(17)2/h6-11,13H,5H2,1-4H3,(H,25,26,27). The van der Waals surface area contributed by atoms with E-state index in [2.05, 4.69) is 10.3 Å². The molecule has 1 aliphatic heterocycles. The minimum atomic E-state index is -0.228. The van der Waals surface area contributed by atoms with Gasteiger partial charge in [-0.05, 0) is 73.5 Å². The second-order valence-electron chi connectivity index (χ2n) is 6.78. The maximum absolute atomic E-state index is 12.4. The molecular weight excluding hydrogens is 443 g/mol. The first-order valence-electron chi connectivity index (χ1n) is 9.40. The number of aryl methyl sites for hydroxylation is 1. The number of methoxy groups -OCH3 is 1. The summed E-state index contributed by atoms with van der Waals surface area (Å²) in [5, 5.41) is 4.29. The van der Waals surface area contributed by atoms with Gasteiger partial charge in [-0.2, -0.15) is 0 Å². The third kappa shape index (κ3) is 5.31. The Balaban J connectivity index is 1.88. The predicted molar refractivity (Wildman–Crippen MR) is 125 cm³/mol. The number of benzene rings is 2. The third-order valence-corrected chi connectivity index (χ3v) is 5.91. The van der Waals surface area contributed by atoms with Gasteiger partial charge in [-0.15, -0.1) is 0 Å². The Morgan fingerprint density at radius 3 is 2.73 bits per heavy atom. The van der Waals surface area contributed by atoms with Crippen molar-refractivity contribution in [1.29, 1.82) is 0 Å². The van der Waals surface area contributed by atoms with Gasteiger partial charge in [0.2, 0.25) is 0 Å². The van der Waals surface area contributed by atoms with Crippen molar-refractivity contribution in [2.45, 2.75) is 33.3 Å². The molecule has 2 aromatic rings. The fraction of sp³-hybridized carbons (Fsp3) is 0.273. The molecular formula is C22H22Cl2N2O3S. The lowest BCUT2D eigenvalue weighted by atomic mass is 10.1. The van der Waals surface area contributed by atoms with E-state index in [-0.39, 0.29) is 12.0 Å². The third-order valence-electron chi connectivity index (χ3n) is 4.49. The van der Waals surface area contributed by atoms with E-state index in [0.29, 0.717) is 37.3 Å². The Morgan fingerprint density at radius 1 is 1.27 bits per heavy atom. The molecule has 0 saturated carbocycles. The number of thioether (sulfide) groups is 1. The zero-order valence-electron chi connectivity index (χ0n) is 17.1. The molecule has 158 valence electrons. The molecule has 1 atom stereocenters. The summed E-state index contributed by atoms with van der Waals surface area (Å²) in [6.07, 6.45) is 2.59. The Kier molecular flexibility index (Phi) is 7.34. The number of hydrogen-bond donors (Lipinski definition) is 1. The highest BCUT2D eigenvalue weighted by Crippen LogP contribution is 2.39. The van der Waals surface area contributed by atoms with E-state index in [1.165, 1.54) is 11.8 Å². The van der Waals surface area contributed by atoms with E-state index >= 15 is 0 Å². The van der Waals surface area contributed by atoms with Crippen LogP contribution in [0.4, 0.5) is 5.69 Å². The van der Waals surface area contributed by atoms with Gasteiger partial charge in [0.05, 0.1) is 28.8 Å². The molecule has 0 spiro atoms. The normalized spacial score (nSPS) is 17.3. The van der Waals surface area contributed by atoms with Gasteiger partial charge in [-0.3, -0.25) is 4.79 Å². The van der Waals surface area contributed by atoms with Crippen molar-refractivity contribution >= 4 is 57.8 Å². The molecule has 5 nitrogen and oxygen atoms in total. The quantitative estimate of drug-likeness (QED) is 0.503. The topological polar surface area (TPSA) is 59.9 Å². The van der Waals surface area contributed by atoms with E-state index in [9.17, 15) is 4.79 Å². The Bertz CT molecular complexity index is 1040. The van der Waals surface area contributed by atoms with Gasteiger partial charge in [0.1, 0.15) is 0 Å². The summed E-state index contributed by atoms with van der Waals surface area (Å²) in [5.74, 6) is 0.785. The first kappa shape index (κ1) is 22.5. The number of hydrogen-bond acceptors (Lipinski definition) is 5. The van der Waals surface area contributed by atoms with Gasteiger partial charge >= 0.3 is 0 Å². The van der Waals surface area contributed by atoms with Crippen LogP contribution < -0.4 is 14.8 Å². The number of carbonyl (C=O) groups excluding carboxylic acids is 1. The molecule has 0 aromatic heterocycles. The second-order valence-corrected chi connectivity index (χ2v) is 8.66. The average molecular weight is 465 g/mol. The lowest BCUT2D eigenvalue weighted by Crippen LogP contribution is -2.19. The number of ether oxygens (including phenoxy) is 2. The number of halogens is 2. The molecule has 1 aliphatic rings. The molecule has 8 heteroatoms. The highest BCUT2D eigenvalue weighted by molar-refractivity contribution is 8.18. The summed E-state index contributed by atoms with van der Waals surface area (Å²) >= 11 is 13.7. The Hall–Kier alpha value is -2.15. The van der Waals surface area contributed by atoms with Crippen molar-refractivity contribution in [3.05, 3.63) is 56.4 Å². The van der Waals surface area contributed by atoms with Crippen molar-refractivity contribution in [3.8, 4) is 11.5 Å². The smallest absolute Gasteiger partial charge is 0.264 e. The summed E-state index contributed by atoms with van der Waals surface area (Å²) in [7, 11) is 1.56. The summed E-state index contributed by atoms with van der Waals surface area (Å²) in [5.41, 5.74) is 2.40. The van der Waals surface area contributed by atoms with E-state index in [1.54, 1.807) is 37.5 Å². The number of nitrogens with zero attached hydrogens (tertiary/aromatic N) is 1. The van der Waals surface area contributed by atoms with Gasteiger partial charge in [0.25, 0.3) is 5.91 Å². The fourth-order valence-electron chi connectivity index (χ4n) is 2.67. The van der Waals surface area contributed by atoms with Crippen LogP contribution >= 0.6 is 35.0 Å². The van der Waals surface area contributed by atoms with Gasteiger partial charge in [-0.25, -0.2) is 4.99 Å². The zero-order valence-corrected chi connectivity index (χ0v) is 19.4. The van der Waals surface area contributed by atoms with Crippen LogP contribution in [0.15, 0.2) is 40.2 Å². The number of amidine groups is 1. The van der Waals surface area contributed by atoms with Crippen LogP contribution in [0.2, 0.25) is 10.0 Å². The SMILES string of the molecule is CCC(C)Oc1c(Cl)cc(C=C2SC(=Nc3cc(Cl)ccc3C)NC2=O)cc1OC. The van der Waals surface area contributed by atoms with Crippen LogP contribution in [-0.2, 0) is 4.79 Å². The molecule has 0 aliphatic carbocycles. The van der Waals surface area contributed by atoms with Crippen LogP contribution in [0.25, 0.3) is 6.08 Å². The van der Waals surface area contributed by atoms with Crippen LogP contribution in [0.5, 0.6) is 11.5 Å². The number of carbonyl (C=O) groups is 1. The summed E-state index contributed by atoms with van der Waals surface area (Å²) in [4.78, 5) is 17.4. The Morgan fingerprint density at radius 2 is 2.03 bits per heavy atom. The van der Waals surface area contributed by atoms with Crippen LogP contribution in [-0.4, -0.2) is 24.3 Å². The summed E-state index contributed by atoms with van der Waals surface area (Å²) < 4.78 is 11.3. The molecule has 0 radical (unpaired) electrons. The van der Waals surface area contributed by atoms with E-state index in [1.807, 2.05) is 26.8 Å². The van der Waals surface area contributed by atoms with Crippen LogP contribution in [0.1, 0.15) is 31.4 Å². The van der Waals surface area contributed by atoms with Crippen molar-refractivity contribution in [2.24, 2.45) is 4.99 Å². The lowest BCUT2D eigenvalue weighted by molar-refractivity contribution is -0.115. The maximum atomic E-state index is 12.4. The lowest BCUT2D eigenvalue weighted by Gasteiger charge is -2.17. The van der Waals surface area contributed by atoms with Gasteiger partial charge in [0, 0.05) is 5.02 Å². The zero-order chi connectivity index (χ0) is 21.8. The minimum Gasteiger partial charge on any atom is -0.493 e. The molecule has 3 rings (SSSR count). The maximum Gasteiger partial charge on any atom is 0.264 e. The van der Waals surface area contributed by atoms with Gasteiger partial charge in [-0.1, -0.05) is 36.2 Å². The largest absolute Gasteiger partial charge is 0.493 e. The van der Waals surface area contributed by atoms with Gasteiger partial charge < -0.3 is 14.8 Å². The predicted octanol–water partition coefficient (Wildman–Crippen LogP) is 6.38. The van der Waals surface area contributed by atoms with Gasteiger partial charge in [0.15, 0.2) is 16.7 Å². The molecule has 1 fully saturated rings. The number of rotatable bonds is 6. The molecule has 2 aromatic carbocycles. The number of aliphatic imine (C=N–C) groups is 1. The number of nitrogens with one attached hydrogen (secondary N) is 1. The highest BCUT2D eigenvalue weighted by Gasteiger charge is 2.24. The van der Waals surface area contributed by atoms with Crippen molar-refractivity contribution in [1.82, 2.24) is 5.32 Å². The summed E-state index contributed by atoms with van der Waals surface area (Å²) in [6.45, 7) is 5.93. The first-order valence-corrected chi connectivity index (χ1v) is 11.0. The molecule has 1 amide bonds. The monoisotopic (exact) mass is 464 g/mol. The Labute approximate surface area is 190 Å². The molecule has 1 N–H and O–H groups in total. The highest BCUT2D eigenvalue weighted by atomic mass is 35.5. The second kappa shape index (κ2) is 9.77. The average Bonchev–Trinajstić information content (AvgIpc) is 3.05. The minimum absolute atomic E-state index is 0.00508. The fourth-order valence-corrected chi connectivity index (χ4v) is 3.93. The van der Waals surface area contributed by atoms with E-state index in [0.717, 1.165) is 17.5 Å². The van der Waals surface area contributed by atoms with E-state index < -0.39 is 0 Å². The summed E-state index contributed by atoms with van der Waals surface area (Å²) in [6, 6.07) is 8.99. The first-order chi connectivity index (χ1) is 14.3. The van der Waals surface area contributed by atoms with E-state index in [4.69, 9.17) is 32.7 Å². The van der Waals surface area contributed by atoms with Crippen LogP contribution in [0, 0.1) is 6.92 Å². The molecule has 0 bridgehead atoms. The number of amides is 1. The molecule has 1 unspecified atom stereocenters. The van der Waals surface area contributed by atoms with Crippen LogP contribution in [0.3, 0.4) is 0 Å². The molecule has 1 heterocycles. The van der Waals surface area contributed by atoms with Crippen molar-refractivity contribution in [3.63, 3.8) is 0 Å².